The Morgan fingerprint density at radius 2 is 1.26 bits per heavy atom. The zero-order chi connectivity index (χ0) is 25.3. The van der Waals surface area contributed by atoms with Gasteiger partial charge in [-0.3, -0.25) is 0 Å². The molecule has 0 saturated carbocycles. The van der Waals surface area contributed by atoms with Crippen molar-refractivity contribution in [3.05, 3.63) is 77.3 Å². The van der Waals surface area contributed by atoms with E-state index in [4.69, 9.17) is 16.3 Å². The van der Waals surface area contributed by atoms with Crippen molar-refractivity contribution in [1.29, 1.82) is 0 Å². The highest BCUT2D eigenvalue weighted by Gasteiger charge is 2.30. The van der Waals surface area contributed by atoms with Gasteiger partial charge in [0.05, 0.1) is 32.9 Å². The molecule has 182 valence electrons. The van der Waals surface area contributed by atoms with Crippen LogP contribution in [0.25, 0.3) is 0 Å². The predicted molar refractivity (Wildman–Crippen MR) is 128 cm³/mol. The van der Waals surface area contributed by atoms with Crippen molar-refractivity contribution in [3.8, 4) is 5.75 Å². The molecule has 3 aromatic carbocycles. The Kier molecular flexibility index (Phi) is 7.44. The zero-order valence-corrected chi connectivity index (χ0v) is 21.6. The lowest BCUT2D eigenvalue weighted by molar-refractivity contribution is 0.412. The van der Waals surface area contributed by atoms with Gasteiger partial charge in [-0.2, -0.15) is 0 Å². The second-order valence-electron chi connectivity index (χ2n) is 7.45. The van der Waals surface area contributed by atoms with Gasteiger partial charge >= 0.3 is 0 Å². The van der Waals surface area contributed by atoms with Gasteiger partial charge in [-0.25, -0.2) is 30.0 Å². The Balaban J connectivity index is 2.11. The van der Waals surface area contributed by atoms with E-state index in [2.05, 4.69) is 4.72 Å². The van der Waals surface area contributed by atoms with Crippen molar-refractivity contribution >= 4 is 41.3 Å². The third kappa shape index (κ3) is 5.61. The van der Waals surface area contributed by atoms with Gasteiger partial charge < -0.3 is 4.74 Å². The van der Waals surface area contributed by atoms with Crippen LogP contribution in [-0.2, 0) is 29.7 Å². The van der Waals surface area contributed by atoms with E-state index in [9.17, 15) is 25.3 Å². The van der Waals surface area contributed by atoms with E-state index in [1.165, 1.54) is 67.8 Å². The average molecular weight is 544 g/mol. The molecule has 0 unspecified atom stereocenters. The molecule has 34 heavy (non-hydrogen) atoms. The molecule has 0 aliphatic rings. The number of methoxy groups -OCH3 is 1. The number of hydrogen-bond acceptors (Lipinski definition) is 7. The molecule has 8 nitrogen and oxygen atoms in total. The van der Waals surface area contributed by atoms with Crippen molar-refractivity contribution in [1.82, 2.24) is 4.72 Å². The summed E-state index contributed by atoms with van der Waals surface area (Å²) >= 11 is 5.86. The predicted octanol–water partition coefficient (Wildman–Crippen LogP) is 3.62. The number of nitrogens with one attached hydrogen (secondary N) is 1. The number of ether oxygens (including phenoxy) is 1. The number of benzene rings is 3. The van der Waals surface area contributed by atoms with E-state index < -0.39 is 45.5 Å². The summed E-state index contributed by atoms with van der Waals surface area (Å²) in [5, 5.41) is 0.331. The highest BCUT2D eigenvalue weighted by atomic mass is 35.5. The summed E-state index contributed by atoms with van der Waals surface area (Å²) in [4.78, 5) is -1.14. The van der Waals surface area contributed by atoms with Crippen LogP contribution in [-0.4, -0.2) is 38.6 Å². The van der Waals surface area contributed by atoms with E-state index >= 15 is 0 Å². The zero-order valence-electron chi connectivity index (χ0n) is 18.4. The summed E-state index contributed by atoms with van der Waals surface area (Å²) in [6.45, 7) is 1.62. The Morgan fingerprint density at radius 3 is 1.76 bits per heavy atom. The molecule has 0 fully saturated rings. The smallest absolute Gasteiger partial charge is 0.209 e. The lowest BCUT2D eigenvalue weighted by Crippen LogP contribution is -2.25. The van der Waals surface area contributed by atoms with Crippen molar-refractivity contribution in [2.24, 2.45) is 0 Å². The maximum absolute atomic E-state index is 13.5. The van der Waals surface area contributed by atoms with Gasteiger partial charge in [0, 0.05) is 17.1 Å². The van der Waals surface area contributed by atoms with E-state index in [0.717, 1.165) is 12.3 Å². The van der Waals surface area contributed by atoms with Crippen LogP contribution in [0, 0.1) is 0 Å². The summed E-state index contributed by atoms with van der Waals surface area (Å²) in [7, 11) is -10.6. The molecule has 0 aliphatic carbocycles. The highest BCUT2D eigenvalue weighted by Crippen LogP contribution is 2.34. The summed E-state index contributed by atoms with van der Waals surface area (Å²) in [6.07, 6.45) is 1.02. The Hall–Kier alpha value is -2.44. The fourth-order valence-electron chi connectivity index (χ4n) is 3.24. The summed E-state index contributed by atoms with van der Waals surface area (Å²) in [6, 6.07) is 14.0. The maximum Gasteiger partial charge on any atom is 0.209 e. The largest absolute Gasteiger partial charge is 0.497 e. The van der Waals surface area contributed by atoms with E-state index in [1.54, 1.807) is 6.92 Å². The molecule has 1 N–H and O–H groups in total. The monoisotopic (exact) mass is 543 g/mol. The van der Waals surface area contributed by atoms with Crippen molar-refractivity contribution < 1.29 is 30.0 Å². The first-order chi connectivity index (χ1) is 15.8. The van der Waals surface area contributed by atoms with Crippen molar-refractivity contribution in [2.75, 3.05) is 13.4 Å². The minimum atomic E-state index is -4.27. The minimum absolute atomic E-state index is 0.127. The Morgan fingerprint density at radius 1 is 0.765 bits per heavy atom. The number of hydrogen-bond donors (Lipinski definition) is 1. The van der Waals surface area contributed by atoms with Crippen LogP contribution in [0.3, 0.4) is 0 Å². The molecule has 0 aromatic heterocycles. The van der Waals surface area contributed by atoms with Gasteiger partial charge in [-0.1, -0.05) is 23.7 Å². The second-order valence-corrected chi connectivity index (χ2v) is 13.5. The fourth-order valence-corrected chi connectivity index (χ4v) is 7.47. The normalized spacial score (nSPS) is 13.4. The molecule has 3 aromatic rings. The van der Waals surface area contributed by atoms with Crippen LogP contribution in [0.1, 0.15) is 18.5 Å². The van der Waals surface area contributed by atoms with Crippen LogP contribution in [0.5, 0.6) is 5.75 Å². The van der Waals surface area contributed by atoms with Gasteiger partial charge in [0.2, 0.25) is 29.7 Å². The first-order valence-corrected chi connectivity index (χ1v) is 15.0. The molecule has 1 atom stereocenters. The molecule has 0 aliphatic heterocycles. The third-order valence-electron chi connectivity index (χ3n) is 4.94. The number of sulfonamides is 1. The summed E-state index contributed by atoms with van der Waals surface area (Å²) < 4.78 is 84.1. The Labute approximate surface area is 204 Å². The first-order valence-electron chi connectivity index (χ1n) is 9.77. The van der Waals surface area contributed by atoms with Crippen LogP contribution in [0.4, 0.5) is 0 Å². The average Bonchev–Trinajstić information content (AvgIpc) is 2.78. The second kappa shape index (κ2) is 9.67. The van der Waals surface area contributed by atoms with E-state index in [-0.39, 0.29) is 15.5 Å². The highest BCUT2D eigenvalue weighted by molar-refractivity contribution is 7.94. The standard InChI is InChI=1S/C22H22ClNO7S3/c1-15(24-32(3,25)26)16-4-9-19(10-5-16)33(27,28)21-13-8-18(31-2)14-22(21)34(29,30)20-11-6-17(23)7-12-20/h4-15,24H,1-3H3/t15-/m0/s1. The Bertz CT molecular complexity index is 1520. The number of sulfone groups is 2. The molecular formula is C22H22ClNO7S3. The number of rotatable bonds is 8. The topological polar surface area (TPSA) is 124 Å². The molecule has 0 saturated heterocycles. The lowest BCUT2D eigenvalue weighted by Gasteiger charge is -2.15. The molecule has 0 heterocycles. The van der Waals surface area contributed by atoms with Gasteiger partial charge in [0.1, 0.15) is 5.75 Å². The quantitative estimate of drug-likeness (QED) is 0.460. The molecule has 12 heteroatoms. The van der Waals surface area contributed by atoms with Crippen LogP contribution < -0.4 is 9.46 Å². The minimum Gasteiger partial charge on any atom is -0.497 e. The molecule has 0 bridgehead atoms. The number of halogens is 1. The molecule has 0 radical (unpaired) electrons. The van der Waals surface area contributed by atoms with Crippen LogP contribution in [0.15, 0.2) is 86.3 Å². The van der Waals surface area contributed by atoms with Crippen molar-refractivity contribution in [3.63, 3.8) is 0 Å². The fraction of sp³-hybridized carbons (Fsp3) is 0.182. The van der Waals surface area contributed by atoms with E-state index in [1.807, 2.05) is 0 Å². The van der Waals surface area contributed by atoms with Gasteiger partial charge in [-0.15, -0.1) is 0 Å². The van der Waals surface area contributed by atoms with Crippen LogP contribution in [0.2, 0.25) is 5.02 Å². The maximum atomic E-state index is 13.5. The third-order valence-corrected chi connectivity index (χ3v) is 9.74. The van der Waals surface area contributed by atoms with E-state index in [0.29, 0.717) is 10.6 Å². The molecule has 0 spiro atoms. The SMILES string of the molecule is COc1ccc(S(=O)(=O)c2ccc([C@H](C)NS(C)(=O)=O)cc2)c(S(=O)(=O)c2ccc(Cl)cc2)c1. The van der Waals surface area contributed by atoms with Gasteiger partial charge in [-0.05, 0) is 61.0 Å². The first kappa shape index (κ1) is 26.2. The van der Waals surface area contributed by atoms with Gasteiger partial charge in [0.25, 0.3) is 0 Å². The summed E-state index contributed by atoms with van der Waals surface area (Å²) in [5.74, 6) is 0.169. The molecular weight excluding hydrogens is 522 g/mol. The summed E-state index contributed by atoms with van der Waals surface area (Å²) in [5.41, 5.74) is 0.535. The molecule has 3 rings (SSSR count). The van der Waals surface area contributed by atoms with Crippen LogP contribution >= 0.6 is 11.6 Å². The van der Waals surface area contributed by atoms with Gasteiger partial charge in [0.15, 0.2) is 0 Å². The lowest BCUT2D eigenvalue weighted by atomic mass is 10.1. The molecule has 0 amide bonds. The van der Waals surface area contributed by atoms with Crippen molar-refractivity contribution in [2.45, 2.75) is 32.5 Å².